The van der Waals surface area contributed by atoms with Crippen molar-refractivity contribution in [3.63, 3.8) is 0 Å². The first-order valence-electron chi connectivity index (χ1n) is 5.67. The van der Waals surface area contributed by atoms with Crippen LogP contribution in [-0.2, 0) is 0 Å². The monoisotopic (exact) mass is 294 g/mol. The third-order valence-electron chi connectivity index (χ3n) is 2.66. The van der Waals surface area contributed by atoms with Gasteiger partial charge < -0.3 is 5.32 Å². The number of aryl methyl sites for hydroxylation is 2. The van der Waals surface area contributed by atoms with Crippen LogP contribution in [0.5, 0.6) is 0 Å². The van der Waals surface area contributed by atoms with Crippen LogP contribution in [0.25, 0.3) is 0 Å². The van der Waals surface area contributed by atoms with Gasteiger partial charge in [0.1, 0.15) is 0 Å². The zero-order chi connectivity index (χ0) is 14.0. The van der Waals surface area contributed by atoms with Crippen LogP contribution >= 0.6 is 23.2 Å². The number of hydrogen-bond donors (Lipinski definition) is 1. The summed E-state index contributed by atoms with van der Waals surface area (Å²) in [5.41, 5.74) is 2.65. The molecule has 0 unspecified atom stereocenters. The molecule has 1 aromatic heterocycles. The van der Waals surface area contributed by atoms with Gasteiger partial charge in [0.25, 0.3) is 5.91 Å². The maximum absolute atomic E-state index is 12.2. The average molecular weight is 295 g/mol. The van der Waals surface area contributed by atoms with Gasteiger partial charge in [-0.25, -0.2) is 4.98 Å². The normalized spacial score (nSPS) is 10.3. The summed E-state index contributed by atoms with van der Waals surface area (Å²) in [6.45, 7) is 3.72. The van der Waals surface area contributed by atoms with Gasteiger partial charge in [-0.05, 0) is 37.1 Å². The summed E-state index contributed by atoms with van der Waals surface area (Å²) in [6.07, 6.45) is 1.64. The number of nitrogens with one attached hydrogen (secondary N) is 1. The van der Waals surface area contributed by atoms with Gasteiger partial charge in [-0.2, -0.15) is 0 Å². The Hall–Kier alpha value is -1.58. The van der Waals surface area contributed by atoms with Crippen LogP contribution in [0.2, 0.25) is 10.2 Å². The Morgan fingerprint density at radius 3 is 2.74 bits per heavy atom. The van der Waals surface area contributed by atoms with Gasteiger partial charge in [0, 0.05) is 6.20 Å². The van der Waals surface area contributed by atoms with E-state index in [2.05, 4.69) is 10.3 Å². The third kappa shape index (κ3) is 3.06. The molecule has 98 valence electrons. The Bertz CT molecular complexity index is 641. The summed E-state index contributed by atoms with van der Waals surface area (Å²) in [6, 6.07) is 7.06. The molecule has 0 fully saturated rings. The molecule has 1 N–H and O–H groups in total. The summed E-state index contributed by atoms with van der Waals surface area (Å²) in [7, 11) is 0. The first-order chi connectivity index (χ1) is 8.99. The zero-order valence-electron chi connectivity index (χ0n) is 10.5. The van der Waals surface area contributed by atoms with Crippen molar-refractivity contribution < 1.29 is 4.79 Å². The van der Waals surface area contributed by atoms with E-state index in [-0.39, 0.29) is 11.1 Å². The maximum Gasteiger partial charge on any atom is 0.257 e. The predicted octanol–water partition coefficient (Wildman–Crippen LogP) is 4.26. The molecule has 3 nitrogen and oxygen atoms in total. The van der Waals surface area contributed by atoms with Gasteiger partial charge in [-0.3, -0.25) is 4.79 Å². The molecule has 0 saturated heterocycles. The molecule has 1 heterocycles. The molecule has 0 atom stereocenters. The van der Waals surface area contributed by atoms with Crippen molar-refractivity contribution >= 4 is 34.8 Å². The minimum Gasteiger partial charge on any atom is -0.319 e. The van der Waals surface area contributed by atoms with Crippen molar-refractivity contribution in [2.75, 3.05) is 5.32 Å². The van der Waals surface area contributed by atoms with Gasteiger partial charge in [0.15, 0.2) is 5.15 Å². The lowest BCUT2D eigenvalue weighted by atomic mass is 10.1. The Morgan fingerprint density at radius 2 is 2.00 bits per heavy atom. The molecule has 19 heavy (non-hydrogen) atoms. The number of aromatic nitrogens is 1. The molecule has 2 rings (SSSR count). The Kier molecular flexibility index (Phi) is 4.08. The van der Waals surface area contributed by atoms with E-state index in [0.717, 1.165) is 11.1 Å². The number of amides is 1. The number of anilines is 1. The lowest BCUT2D eigenvalue weighted by Gasteiger charge is -2.09. The van der Waals surface area contributed by atoms with Gasteiger partial charge >= 0.3 is 0 Å². The summed E-state index contributed by atoms with van der Waals surface area (Å²) in [4.78, 5) is 16.2. The molecule has 0 aliphatic carbocycles. The SMILES string of the molecule is Cc1cnc(Cl)c(NC(=O)c2cccc(C)c2Cl)c1. The quantitative estimate of drug-likeness (QED) is 0.841. The highest BCUT2D eigenvalue weighted by atomic mass is 35.5. The maximum atomic E-state index is 12.2. The van der Waals surface area contributed by atoms with E-state index in [1.54, 1.807) is 24.4 Å². The molecule has 1 amide bonds. The van der Waals surface area contributed by atoms with Crippen LogP contribution in [0.1, 0.15) is 21.5 Å². The lowest BCUT2D eigenvalue weighted by Crippen LogP contribution is -2.13. The Balaban J connectivity index is 2.31. The third-order valence-corrected chi connectivity index (χ3v) is 3.46. The van der Waals surface area contributed by atoms with E-state index in [0.29, 0.717) is 16.3 Å². The van der Waals surface area contributed by atoms with Crippen molar-refractivity contribution in [2.45, 2.75) is 13.8 Å². The molecule has 2 aromatic rings. The fraction of sp³-hybridized carbons (Fsp3) is 0.143. The number of hydrogen-bond acceptors (Lipinski definition) is 2. The smallest absolute Gasteiger partial charge is 0.257 e. The van der Waals surface area contributed by atoms with Crippen LogP contribution in [0.3, 0.4) is 0 Å². The number of carbonyl (C=O) groups is 1. The number of benzene rings is 1. The second kappa shape index (κ2) is 5.59. The van der Waals surface area contributed by atoms with Gasteiger partial charge in [0.2, 0.25) is 0 Å². The van der Waals surface area contributed by atoms with E-state index >= 15 is 0 Å². The molecule has 0 bridgehead atoms. The number of carbonyl (C=O) groups excluding carboxylic acids is 1. The highest BCUT2D eigenvalue weighted by molar-refractivity contribution is 6.36. The average Bonchev–Trinajstić information content (AvgIpc) is 2.37. The number of halogens is 2. The van der Waals surface area contributed by atoms with E-state index in [9.17, 15) is 4.79 Å². The summed E-state index contributed by atoms with van der Waals surface area (Å²) in [5, 5.41) is 3.41. The first-order valence-corrected chi connectivity index (χ1v) is 6.43. The van der Waals surface area contributed by atoms with E-state index in [1.807, 2.05) is 19.9 Å². The van der Waals surface area contributed by atoms with Crippen molar-refractivity contribution in [3.8, 4) is 0 Å². The van der Waals surface area contributed by atoms with Crippen molar-refractivity contribution in [2.24, 2.45) is 0 Å². The van der Waals surface area contributed by atoms with Crippen molar-refractivity contribution in [1.82, 2.24) is 4.98 Å². The summed E-state index contributed by atoms with van der Waals surface area (Å²) >= 11 is 12.1. The highest BCUT2D eigenvalue weighted by Crippen LogP contribution is 2.24. The van der Waals surface area contributed by atoms with Crippen LogP contribution in [-0.4, -0.2) is 10.9 Å². The van der Waals surface area contributed by atoms with Crippen LogP contribution in [0.4, 0.5) is 5.69 Å². The summed E-state index contributed by atoms with van der Waals surface area (Å²) < 4.78 is 0. The van der Waals surface area contributed by atoms with Crippen LogP contribution in [0.15, 0.2) is 30.5 Å². The first kappa shape index (κ1) is 13.8. The molecule has 0 aliphatic heterocycles. The van der Waals surface area contributed by atoms with E-state index < -0.39 is 0 Å². The lowest BCUT2D eigenvalue weighted by molar-refractivity contribution is 0.102. The minimum atomic E-state index is -0.303. The molecular formula is C14H12Cl2N2O. The molecule has 0 radical (unpaired) electrons. The number of rotatable bonds is 2. The molecule has 0 saturated carbocycles. The molecule has 0 spiro atoms. The largest absolute Gasteiger partial charge is 0.319 e. The van der Waals surface area contributed by atoms with Crippen molar-refractivity contribution in [1.29, 1.82) is 0 Å². The molecule has 5 heteroatoms. The van der Waals surface area contributed by atoms with E-state index in [1.165, 1.54) is 0 Å². The highest BCUT2D eigenvalue weighted by Gasteiger charge is 2.13. The van der Waals surface area contributed by atoms with Gasteiger partial charge in [-0.1, -0.05) is 35.3 Å². The second-order valence-corrected chi connectivity index (χ2v) is 4.98. The molecule has 0 aliphatic rings. The minimum absolute atomic E-state index is 0.253. The molecular weight excluding hydrogens is 283 g/mol. The van der Waals surface area contributed by atoms with E-state index in [4.69, 9.17) is 23.2 Å². The Labute approximate surface area is 121 Å². The fourth-order valence-electron chi connectivity index (χ4n) is 1.65. The Morgan fingerprint density at radius 1 is 1.26 bits per heavy atom. The predicted molar refractivity (Wildman–Crippen MR) is 78.1 cm³/mol. The zero-order valence-corrected chi connectivity index (χ0v) is 12.0. The van der Waals surface area contributed by atoms with Crippen molar-refractivity contribution in [3.05, 3.63) is 57.3 Å². The number of pyridine rings is 1. The van der Waals surface area contributed by atoms with Crippen LogP contribution in [0, 0.1) is 13.8 Å². The fourth-order valence-corrected chi connectivity index (χ4v) is 2.02. The second-order valence-electron chi connectivity index (χ2n) is 4.24. The number of nitrogens with zero attached hydrogens (tertiary/aromatic N) is 1. The van der Waals surface area contributed by atoms with Gasteiger partial charge in [-0.15, -0.1) is 0 Å². The van der Waals surface area contributed by atoms with Crippen LogP contribution < -0.4 is 5.32 Å². The standard InChI is InChI=1S/C14H12Cl2N2O/c1-8-6-11(13(16)17-7-8)18-14(19)10-5-3-4-9(2)12(10)15/h3-7H,1-2H3,(H,18,19). The summed E-state index contributed by atoms with van der Waals surface area (Å²) in [5.74, 6) is -0.303. The topological polar surface area (TPSA) is 42.0 Å². The molecule has 1 aromatic carbocycles. The van der Waals surface area contributed by atoms with Gasteiger partial charge in [0.05, 0.1) is 16.3 Å².